The van der Waals surface area contributed by atoms with E-state index in [-0.39, 0.29) is 5.69 Å². The van der Waals surface area contributed by atoms with Crippen molar-refractivity contribution in [1.82, 2.24) is 9.78 Å². The zero-order chi connectivity index (χ0) is 18.0. The molecule has 0 bridgehead atoms. The Kier molecular flexibility index (Phi) is 4.76. The van der Waals surface area contributed by atoms with Gasteiger partial charge in [-0.05, 0) is 48.4 Å². The van der Waals surface area contributed by atoms with Gasteiger partial charge in [-0.25, -0.2) is 4.79 Å². The maximum Gasteiger partial charge on any atom is 0.356 e. The number of halogens is 1. The molecular formula is C19H17ClN2O3. The van der Waals surface area contributed by atoms with Gasteiger partial charge >= 0.3 is 5.97 Å². The van der Waals surface area contributed by atoms with Gasteiger partial charge in [0.25, 0.3) is 0 Å². The van der Waals surface area contributed by atoms with E-state index in [4.69, 9.17) is 16.3 Å². The largest absolute Gasteiger partial charge is 0.497 e. The summed E-state index contributed by atoms with van der Waals surface area (Å²) in [6.45, 7) is 2.36. The molecule has 0 spiro atoms. The highest BCUT2D eigenvalue weighted by Crippen LogP contribution is 2.26. The molecule has 0 unspecified atom stereocenters. The van der Waals surface area contributed by atoms with Crippen LogP contribution >= 0.6 is 11.6 Å². The monoisotopic (exact) mass is 356 g/mol. The Balaban J connectivity index is 2.01. The molecule has 3 aromatic rings. The number of ether oxygens (including phenoxy) is 1. The highest BCUT2D eigenvalue weighted by Gasteiger charge is 2.15. The van der Waals surface area contributed by atoms with Crippen molar-refractivity contribution in [2.75, 3.05) is 7.11 Å². The fraction of sp³-hybridized carbons (Fsp3) is 0.158. The molecule has 1 aromatic heterocycles. The molecule has 0 fully saturated rings. The number of methoxy groups -OCH3 is 1. The molecule has 0 aliphatic carbocycles. The molecule has 0 atom stereocenters. The van der Waals surface area contributed by atoms with Gasteiger partial charge < -0.3 is 9.84 Å². The Morgan fingerprint density at radius 2 is 1.92 bits per heavy atom. The van der Waals surface area contributed by atoms with E-state index in [0.29, 0.717) is 11.6 Å². The summed E-state index contributed by atoms with van der Waals surface area (Å²) in [6.07, 6.45) is 0. The van der Waals surface area contributed by atoms with Gasteiger partial charge in [-0.2, -0.15) is 5.10 Å². The van der Waals surface area contributed by atoms with Gasteiger partial charge in [0.2, 0.25) is 0 Å². The number of carboxylic acid groups (broad SMARTS) is 1. The molecule has 5 nitrogen and oxygen atoms in total. The van der Waals surface area contributed by atoms with Gasteiger partial charge in [0.15, 0.2) is 5.69 Å². The summed E-state index contributed by atoms with van der Waals surface area (Å²) in [6, 6.07) is 14.8. The fourth-order valence-corrected chi connectivity index (χ4v) is 2.70. The molecule has 25 heavy (non-hydrogen) atoms. The first-order chi connectivity index (χ1) is 12.0. The number of benzene rings is 2. The van der Waals surface area contributed by atoms with Crippen LogP contribution in [-0.4, -0.2) is 28.0 Å². The van der Waals surface area contributed by atoms with Crippen molar-refractivity contribution in [1.29, 1.82) is 0 Å². The van der Waals surface area contributed by atoms with Crippen molar-refractivity contribution in [2.24, 2.45) is 0 Å². The average Bonchev–Trinajstić information content (AvgIpc) is 3.02. The van der Waals surface area contributed by atoms with Crippen LogP contribution in [0.3, 0.4) is 0 Å². The maximum absolute atomic E-state index is 11.3. The predicted molar refractivity (Wildman–Crippen MR) is 96.5 cm³/mol. The lowest BCUT2D eigenvalue weighted by molar-refractivity contribution is 0.0689. The van der Waals surface area contributed by atoms with Crippen LogP contribution in [0.1, 0.15) is 21.6 Å². The molecule has 0 aliphatic heterocycles. The van der Waals surface area contributed by atoms with Crippen molar-refractivity contribution in [3.63, 3.8) is 0 Å². The Hall–Kier alpha value is -2.79. The quantitative estimate of drug-likeness (QED) is 0.741. The highest BCUT2D eigenvalue weighted by molar-refractivity contribution is 6.31. The number of rotatable bonds is 5. The second kappa shape index (κ2) is 6.99. The minimum atomic E-state index is -1.06. The zero-order valence-electron chi connectivity index (χ0n) is 13.9. The van der Waals surface area contributed by atoms with Crippen LogP contribution in [0.25, 0.3) is 11.3 Å². The van der Waals surface area contributed by atoms with Crippen LogP contribution in [0, 0.1) is 6.92 Å². The zero-order valence-corrected chi connectivity index (χ0v) is 14.6. The Morgan fingerprint density at radius 3 is 2.52 bits per heavy atom. The second-order valence-corrected chi connectivity index (χ2v) is 6.10. The molecule has 128 valence electrons. The number of aromatic carboxylic acids is 1. The molecule has 3 rings (SSSR count). The molecule has 0 aliphatic rings. The Morgan fingerprint density at radius 1 is 1.20 bits per heavy atom. The second-order valence-electron chi connectivity index (χ2n) is 5.69. The smallest absolute Gasteiger partial charge is 0.356 e. The van der Waals surface area contributed by atoms with Crippen LogP contribution < -0.4 is 4.74 Å². The predicted octanol–water partition coefficient (Wildman–Crippen LogP) is 4.27. The molecule has 0 saturated heterocycles. The lowest BCUT2D eigenvalue weighted by atomic mass is 10.1. The van der Waals surface area contributed by atoms with E-state index in [1.54, 1.807) is 23.9 Å². The van der Waals surface area contributed by atoms with E-state index < -0.39 is 5.97 Å². The lowest BCUT2D eigenvalue weighted by Gasteiger charge is -2.09. The van der Waals surface area contributed by atoms with Crippen LogP contribution in [0.15, 0.2) is 48.5 Å². The number of carbonyl (C=O) groups is 1. The highest BCUT2D eigenvalue weighted by atomic mass is 35.5. The van der Waals surface area contributed by atoms with Gasteiger partial charge in [-0.15, -0.1) is 0 Å². The molecule has 2 aromatic carbocycles. The van der Waals surface area contributed by atoms with E-state index >= 15 is 0 Å². The Labute approximate surface area is 150 Å². The first-order valence-corrected chi connectivity index (χ1v) is 8.06. The Bertz CT molecular complexity index is 917. The summed E-state index contributed by atoms with van der Waals surface area (Å²) in [7, 11) is 1.61. The van der Waals surface area contributed by atoms with Crippen molar-refractivity contribution in [3.8, 4) is 17.0 Å². The number of hydrogen-bond acceptors (Lipinski definition) is 3. The molecule has 1 heterocycles. The minimum Gasteiger partial charge on any atom is -0.497 e. The van der Waals surface area contributed by atoms with Gasteiger partial charge in [-0.3, -0.25) is 4.68 Å². The molecule has 0 saturated carbocycles. The average molecular weight is 357 g/mol. The van der Waals surface area contributed by atoms with Crippen LogP contribution in [0.2, 0.25) is 5.02 Å². The van der Waals surface area contributed by atoms with E-state index in [0.717, 1.165) is 28.1 Å². The summed E-state index contributed by atoms with van der Waals surface area (Å²) in [4.78, 5) is 11.3. The van der Waals surface area contributed by atoms with Crippen molar-refractivity contribution in [2.45, 2.75) is 13.5 Å². The fourth-order valence-electron chi connectivity index (χ4n) is 2.58. The topological polar surface area (TPSA) is 64.4 Å². The summed E-state index contributed by atoms with van der Waals surface area (Å²) in [5.41, 5.74) is 3.53. The summed E-state index contributed by atoms with van der Waals surface area (Å²) in [5.74, 6) is -0.288. The third kappa shape index (κ3) is 3.67. The maximum atomic E-state index is 11.3. The summed E-state index contributed by atoms with van der Waals surface area (Å²) >= 11 is 6.09. The summed E-state index contributed by atoms with van der Waals surface area (Å²) in [5, 5.41) is 14.2. The van der Waals surface area contributed by atoms with E-state index in [1.807, 2.05) is 43.3 Å². The first kappa shape index (κ1) is 17.0. The van der Waals surface area contributed by atoms with Crippen molar-refractivity contribution in [3.05, 3.63) is 70.4 Å². The third-order valence-electron chi connectivity index (χ3n) is 3.94. The van der Waals surface area contributed by atoms with Gasteiger partial charge in [0.1, 0.15) is 5.75 Å². The standard InChI is InChI=1S/C19H17ClN2O3/c1-12-9-14(5-8-16(12)20)18-10-17(19(23)24)21-22(18)11-13-3-6-15(25-2)7-4-13/h3-10H,11H2,1-2H3,(H,23,24). The minimum absolute atomic E-state index is 0.0103. The normalized spacial score (nSPS) is 10.7. The van der Waals surface area contributed by atoms with Crippen LogP contribution in [-0.2, 0) is 6.54 Å². The molecule has 6 heteroatoms. The van der Waals surface area contributed by atoms with Gasteiger partial charge in [0, 0.05) is 10.6 Å². The number of nitrogens with zero attached hydrogens (tertiary/aromatic N) is 2. The first-order valence-electron chi connectivity index (χ1n) is 7.68. The van der Waals surface area contributed by atoms with Crippen molar-refractivity contribution >= 4 is 17.6 Å². The number of aromatic nitrogens is 2. The lowest BCUT2D eigenvalue weighted by Crippen LogP contribution is -2.06. The molecule has 0 radical (unpaired) electrons. The number of carboxylic acids is 1. The summed E-state index contributed by atoms with van der Waals surface area (Å²) < 4.78 is 6.85. The van der Waals surface area contributed by atoms with Crippen LogP contribution in [0.4, 0.5) is 0 Å². The molecule has 0 amide bonds. The SMILES string of the molecule is COc1ccc(Cn2nc(C(=O)O)cc2-c2ccc(Cl)c(C)c2)cc1. The van der Waals surface area contributed by atoms with Crippen molar-refractivity contribution < 1.29 is 14.6 Å². The number of aryl methyl sites for hydroxylation is 1. The van der Waals surface area contributed by atoms with Crippen LogP contribution in [0.5, 0.6) is 5.75 Å². The third-order valence-corrected chi connectivity index (χ3v) is 4.37. The van der Waals surface area contributed by atoms with Gasteiger partial charge in [-0.1, -0.05) is 29.8 Å². The van der Waals surface area contributed by atoms with E-state index in [2.05, 4.69) is 5.10 Å². The number of hydrogen-bond donors (Lipinski definition) is 1. The molecule has 1 N–H and O–H groups in total. The van der Waals surface area contributed by atoms with E-state index in [9.17, 15) is 9.90 Å². The molecular weight excluding hydrogens is 340 g/mol. The van der Waals surface area contributed by atoms with Gasteiger partial charge in [0.05, 0.1) is 19.3 Å². The van der Waals surface area contributed by atoms with E-state index in [1.165, 1.54) is 0 Å².